The van der Waals surface area contributed by atoms with E-state index in [1.807, 2.05) is 27.7 Å². The van der Waals surface area contributed by atoms with Crippen molar-refractivity contribution >= 4 is 20.6 Å². The first-order chi connectivity index (χ1) is 7.44. The molecular weight excluding hydrogens is 280 g/mol. The van der Waals surface area contributed by atoms with E-state index in [2.05, 4.69) is 0 Å². The molecule has 19 heavy (non-hydrogen) atoms. The van der Waals surface area contributed by atoms with Crippen LogP contribution in [0.15, 0.2) is 0 Å². The van der Waals surface area contributed by atoms with E-state index in [9.17, 15) is 12.6 Å². The average molecular weight is 317 g/mol. The lowest BCUT2D eigenvalue weighted by Crippen LogP contribution is -2.23. The number of hydrogen-bond donors (Lipinski definition) is 0. The predicted molar refractivity (Wildman–Crippen MR) is 91.1 cm³/mol. The Bertz CT molecular complexity index is 292. The third-order valence-electron chi connectivity index (χ3n) is 2.24. The number of sulfone groups is 1. The van der Waals surface area contributed by atoms with Gasteiger partial charge in [0.1, 0.15) is 0 Å². The van der Waals surface area contributed by atoms with Gasteiger partial charge in [0.15, 0.2) is 9.84 Å². The van der Waals surface area contributed by atoms with Gasteiger partial charge in [-0.25, -0.2) is 8.42 Å². The molecule has 0 unspecified atom stereocenters. The van der Waals surface area contributed by atoms with E-state index in [1.54, 1.807) is 27.7 Å². The van der Waals surface area contributed by atoms with Crippen LogP contribution in [0.4, 0.5) is 0 Å². The molecule has 0 fully saturated rings. The highest BCUT2D eigenvalue weighted by molar-refractivity contribution is 7.92. The molecule has 0 saturated carbocycles. The Labute approximate surface area is 125 Å². The summed E-state index contributed by atoms with van der Waals surface area (Å²) in [6, 6.07) is 0. The van der Waals surface area contributed by atoms with Crippen LogP contribution >= 0.6 is 0 Å². The first-order valence-corrected chi connectivity index (χ1v) is 8.95. The Morgan fingerprint density at radius 3 is 0.895 bits per heavy atom. The lowest BCUT2D eigenvalue weighted by Gasteiger charge is -2.09. The fraction of sp³-hybridized carbons (Fsp3) is 1.00. The van der Waals surface area contributed by atoms with E-state index in [-0.39, 0.29) is 25.4 Å². The Morgan fingerprint density at radius 1 is 0.684 bits per heavy atom. The van der Waals surface area contributed by atoms with Gasteiger partial charge in [-0.1, -0.05) is 42.5 Å². The van der Waals surface area contributed by atoms with Gasteiger partial charge in [0.05, 0.1) is 10.5 Å². The van der Waals surface area contributed by atoms with Crippen LogP contribution in [0.25, 0.3) is 0 Å². The predicted octanol–water partition coefficient (Wildman–Crippen LogP) is 4.04. The second-order valence-corrected chi connectivity index (χ2v) is 10.7. The Kier molecular flexibility index (Phi) is 17.2. The van der Waals surface area contributed by atoms with Crippen molar-refractivity contribution in [1.29, 1.82) is 0 Å². The van der Waals surface area contributed by atoms with Crippen LogP contribution < -0.4 is 0 Å². The molecule has 0 aromatic rings. The average Bonchev–Trinajstić information content (AvgIpc) is 2.16. The molecule has 3 nitrogen and oxygen atoms in total. The molecule has 0 N–H and O–H groups in total. The quantitative estimate of drug-likeness (QED) is 0.786. The lowest BCUT2D eigenvalue weighted by molar-refractivity contribution is 0.578. The molecule has 5 heteroatoms. The monoisotopic (exact) mass is 316 g/mol. The largest absolute Gasteiger partial charge is 0.259 e. The Balaban J connectivity index is -0.000000108. The molecule has 0 saturated heterocycles. The molecule has 0 bridgehead atoms. The first kappa shape index (κ1) is 27.4. The minimum absolute atomic E-state index is 0. The van der Waals surface area contributed by atoms with Crippen molar-refractivity contribution in [3.05, 3.63) is 0 Å². The second-order valence-electron chi connectivity index (χ2n) is 5.11. The van der Waals surface area contributed by atoms with Crippen molar-refractivity contribution < 1.29 is 12.6 Å². The summed E-state index contributed by atoms with van der Waals surface area (Å²) in [5, 5.41) is 0.153. The summed E-state index contributed by atoms with van der Waals surface area (Å²) in [5.41, 5.74) is 0. The van der Waals surface area contributed by atoms with E-state index in [0.717, 1.165) is 0 Å². The molecule has 0 radical (unpaired) electrons. The van der Waals surface area contributed by atoms with Crippen LogP contribution in [0.5, 0.6) is 0 Å². The molecule has 0 aliphatic carbocycles. The maximum Gasteiger partial charge on any atom is 0.154 e. The van der Waals surface area contributed by atoms with Crippen LogP contribution in [0, 0.1) is 0 Å². The Morgan fingerprint density at radius 2 is 0.895 bits per heavy atom. The maximum absolute atomic E-state index is 11.0. The summed E-state index contributed by atoms with van der Waals surface area (Å²) in [7, 11) is -3.44. The van der Waals surface area contributed by atoms with E-state index in [4.69, 9.17) is 0 Å². The molecule has 0 heterocycles. The zero-order valence-electron chi connectivity index (χ0n) is 12.4. The van der Waals surface area contributed by atoms with Crippen molar-refractivity contribution in [2.75, 3.05) is 0 Å². The summed E-state index contributed by atoms with van der Waals surface area (Å²) >= 11 is 0. The highest BCUT2D eigenvalue weighted by Gasteiger charge is 2.19. The van der Waals surface area contributed by atoms with Gasteiger partial charge in [-0.2, -0.15) is 0 Å². The molecule has 0 atom stereocenters. The van der Waals surface area contributed by atoms with Crippen molar-refractivity contribution in [1.82, 2.24) is 0 Å². The topological polar surface area (TPSA) is 51.2 Å². The van der Waals surface area contributed by atoms with Crippen LogP contribution in [0.3, 0.4) is 0 Å². The normalized spacial score (nSPS) is 11.2. The highest BCUT2D eigenvalue weighted by Crippen LogP contribution is 2.06. The minimum Gasteiger partial charge on any atom is -0.259 e. The fourth-order valence-electron chi connectivity index (χ4n) is 1.09. The number of hydrogen-bond acceptors (Lipinski definition) is 3. The summed E-state index contributed by atoms with van der Waals surface area (Å²) in [6.45, 7) is 14.7. The molecule has 0 rings (SSSR count). The second kappa shape index (κ2) is 11.9. The van der Waals surface area contributed by atoms with Crippen LogP contribution in [-0.2, 0) is 20.6 Å². The van der Waals surface area contributed by atoms with Crippen LogP contribution in [0.1, 0.15) is 70.2 Å². The van der Waals surface area contributed by atoms with Crippen LogP contribution in [0.2, 0.25) is 0 Å². The molecule has 0 aliphatic heterocycles. The van der Waals surface area contributed by atoms with Gasteiger partial charge < -0.3 is 0 Å². The fourth-order valence-corrected chi connectivity index (χ4v) is 3.27. The summed E-state index contributed by atoms with van der Waals surface area (Å²) in [5.74, 6) is 0. The van der Waals surface area contributed by atoms with Crippen molar-refractivity contribution in [2.45, 2.75) is 91.2 Å². The summed E-state index contributed by atoms with van der Waals surface area (Å²) < 4.78 is 33.0. The maximum atomic E-state index is 11.0. The SMILES string of the molecule is C.C.CC(C)S(=O)(=O)C(C)C.CC(C)S(=O)C(C)C. The van der Waals surface area contributed by atoms with Crippen molar-refractivity contribution in [2.24, 2.45) is 0 Å². The summed E-state index contributed by atoms with van der Waals surface area (Å²) in [6.07, 6.45) is 0. The minimum atomic E-state index is -2.81. The standard InChI is InChI=1S/C6H14O2S.C6H14OS.2CH4/c1-5(2)9(7,8)6(3)4;1-5(2)8(7)6(3)4;;/h5-6H,1-4H3;5-6H,1-4H3;2*1H4. The lowest BCUT2D eigenvalue weighted by atomic mass is 10.5. The molecule has 0 aromatic heterocycles. The van der Waals surface area contributed by atoms with Gasteiger partial charge in [0.25, 0.3) is 0 Å². The zero-order chi connectivity index (χ0) is 14.4. The van der Waals surface area contributed by atoms with Gasteiger partial charge >= 0.3 is 0 Å². The van der Waals surface area contributed by atoms with Gasteiger partial charge in [0.2, 0.25) is 0 Å². The van der Waals surface area contributed by atoms with Crippen molar-refractivity contribution in [3.63, 3.8) is 0 Å². The van der Waals surface area contributed by atoms with Crippen molar-refractivity contribution in [3.8, 4) is 0 Å². The van der Waals surface area contributed by atoms with Gasteiger partial charge in [-0.15, -0.1) is 0 Å². The van der Waals surface area contributed by atoms with E-state index in [1.165, 1.54) is 0 Å². The van der Waals surface area contributed by atoms with Crippen LogP contribution in [-0.4, -0.2) is 33.6 Å². The smallest absolute Gasteiger partial charge is 0.154 e. The zero-order valence-corrected chi connectivity index (χ0v) is 14.0. The molecular formula is C14H36O3S2. The first-order valence-electron chi connectivity index (χ1n) is 6.06. The number of rotatable bonds is 4. The highest BCUT2D eigenvalue weighted by atomic mass is 32.2. The molecule has 122 valence electrons. The molecule has 0 aliphatic rings. The molecule has 0 aromatic carbocycles. The third-order valence-corrected chi connectivity index (χ3v) is 6.73. The third kappa shape index (κ3) is 11.6. The van der Waals surface area contributed by atoms with Gasteiger partial charge in [0, 0.05) is 21.3 Å². The molecule has 0 spiro atoms. The van der Waals surface area contributed by atoms with Gasteiger partial charge in [-0.05, 0) is 27.7 Å². The van der Waals surface area contributed by atoms with E-state index < -0.39 is 20.6 Å². The van der Waals surface area contributed by atoms with E-state index in [0.29, 0.717) is 10.5 Å². The van der Waals surface area contributed by atoms with E-state index >= 15 is 0 Å². The Hall–Kier alpha value is 0.1000. The van der Waals surface area contributed by atoms with Gasteiger partial charge in [-0.3, -0.25) is 4.21 Å². The summed E-state index contributed by atoms with van der Waals surface area (Å²) in [4.78, 5) is 0. The molecule has 0 amide bonds.